The van der Waals surface area contributed by atoms with E-state index >= 15 is 0 Å². The van der Waals surface area contributed by atoms with Gasteiger partial charge in [-0.25, -0.2) is 4.98 Å². The van der Waals surface area contributed by atoms with Crippen LogP contribution in [-0.2, 0) is 6.18 Å². The molecule has 0 aliphatic carbocycles. The highest BCUT2D eigenvalue weighted by Gasteiger charge is 2.37. The van der Waals surface area contributed by atoms with Crippen molar-refractivity contribution in [2.45, 2.75) is 19.5 Å². The maximum absolute atomic E-state index is 12.3. The fourth-order valence-electron chi connectivity index (χ4n) is 0.910. The highest BCUT2D eigenvalue weighted by atomic mass is 127. The first-order chi connectivity index (χ1) is 7.50. The monoisotopic (exact) mass is 371 g/mol. The minimum Gasteiger partial charge on any atom is -0.388 e. The van der Waals surface area contributed by atoms with Gasteiger partial charge >= 0.3 is 12.5 Å². The van der Waals surface area contributed by atoms with Crippen LogP contribution in [0.3, 0.4) is 0 Å². The first-order valence-corrected chi connectivity index (χ1v) is 5.08. The first kappa shape index (κ1) is 14.3. The molecule has 1 heterocycles. The third-order valence-electron chi connectivity index (χ3n) is 1.67. The van der Waals surface area contributed by atoms with Crippen molar-refractivity contribution in [3.05, 3.63) is 20.9 Å². The highest BCUT2D eigenvalue weighted by molar-refractivity contribution is 14.1. The Labute approximate surface area is 105 Å². The molecule has 0 aliphatic rings. The van der Waals surface area contributed by atoms with Gasteiger partial charge in [0.15, 0.2) is 0 Å². The Morgan fingerprint density at radius 1 is 1.18 bits per heavy atom. The van der Waals surface area contributed by atoms with Crippen LogP contribution in [0.1, 0.15) is 11.3 Å². The van der Waals surface area contributed by atoms with E-state index in [1.165, 1.54) is 29.5 Å². The van der Waals surface area contributed by atoms with Gasteiger partial charge in [-0.2, -0.15) is 13.2 Å². The van der Waals surface area contributed by atoms with Crippen molar-refractivity contribution < 1.29 is 31.1 Å². The van der Waals surface area contributed by atoms with Crippen molar-refractivity contribution in [2.24, 2.45) is 0 Å². The van der Waals surface area contributed by atoms with Gasteiger partial charge < -0.3 is 4.74 Å². The maximum atomic E-state index is 12.3. The summed E-state index contributed by atoms with van der Waals surface area (Å²) in [6.07, 6.45) is -9.90. The van der Waals surface area contributed by atoms with Crippen LogP contribution in [0.5, 0.6) is 5.88 Å². The van der Waals surface area contributed by atoms with E-state index in [9.17, 15) is 26.3 Å². The van der Waals surface area contributed by atoms with E-state index in [0.717, 1.165) is 0 Å². The van der Waals surface area contributed by atoms with E-state index in [2.05, 4.69) is 9.72 Å². The predicted octanol–water partition coefficient (Wildman–Crippen LogP) is 3.91. The van der Waals surface area contributed by atoms with Gasteiger partial charge in [-0.15, -0.1) is 13.2 Å². The Morgan fingerprint density at radius 3 is 2.12 bits per heavy atom. The number of pyridine rings is 1. The second-order valence-corrected chi connectivity index (χ2v) is 4.13. The lowest BCUT2D eigenvalue weighted by atomic mass is 10.2. The molecule has 0 bridgehead atoms. The summed E-state index contributed by atoms with van der Waals surface area (Å²) in [5.74, 6) is -1.09. The van der Waals surface area contributed by atoms with Crippen LogP contribution in [0.2, 0.25) is 0 Å². The summed E-state index contributed by atoms with van der Waals surface area (Å²) in [5.41, 5.74) is -1.53. The van der Waals surface area contributed by atoms with E-state index in [0.29, 0.717) is 6.07 Å². The van der Waals surface area contributed by atoms with Crippen LogP contribution in [0.15, 0.2) is 6.07 Å². The summed E-state index contributed by atoms with van der Waals surface area (Å²) in [4.78, 5) is 2.82. The van der Waals surface area contributed by atoms with Crippen molar-refractivity contribution in [1.82, 2.24) is 4.98 Å². The van der Waals surface area contributed by atoms with Gasteiger partial charge in [-0.1, -0.05) is 0 Å². The van der Waals surface area contributed by atoms with E-state index < -0.39 is 24.1 Å². The topological polar surface area (TPSA) is 22.1 Å². The van der Waals surface area contributed by atoms with Gasteiger partial charge in [0.1, 0.15) is 5.69 Å². The molecule has 2 nitrogen and oxygen atoms in total. The largest absolute Gasteiger partial charge is 0.574 e. The van der Waals surface area contributed by atoms with Gasteiger partial charge in [-0.05, 0) is 35.6 Å². The lowest BCUT2D eigenvalue weighted by Gasteiger charge is -2.14. The molecular weight excluding hydrogens is 367 g/mol. The molecule has 0 saturated heterocycles. The van der Waals surface area contributed by atoms with E-state index in [1.54, 1.807) is 0 Å². The van der Waals surface area contributed by atoms with E-state index in [1.807, 2.05) is 0 Å². The Morgan fingerprint density at radius 2 is 1.71 bits per heavy atom. The Balaban J connectivity index is 3.26. The molecule has 0 aliphatic heterocycles. The van der Waals surface area contributed by atoms with Crippen LogP contribution in [0, 0.1) is 10.5 Å². The van der Waals surface area contributed by atoms with Gasteiger partial charge in [0.05, 0.1) is 0 Å². The SMILES string of the molecule is Cc1c(I)cc(C(F)(F)F)nc1OC(F)(F)F. The number of rotatable bonds is 1. The molecule has 1 aromatic heterocycles. The van der Waals surface area contributed by atoms with Crippen molar-refractivity contribution in [1.29, 1.82) is 0 Å². The normalized spacial score (nSPS) is 12.7. The van der Waals surface area contributed by atoms with E-state index in [-0.39, 0.29) is 9.13 Å². The third kappa shape index (κ3) is 3.89. The van der Waals surface area contributed by atoms with Crippen LogP contribution in [0.4, 0.5) is 26.3 Å². The zero-order valence-corrected chi connectivity index (χ0v) is 10.2. The zero-order chi connectivity index (χ0) is 13.4. The molecule has 0 unspecified atom stereocenters. The fourth-order valence-corrected chi connectivity index (χ4v) is 1.44. The van der Waals surface area contributed by atoms with Gasteiger partial charge in [0, 0.05) is 9.13 Å². The smallest absolute Gasteiger partial charge is 0.388 e. The van der Waals surface area contributed by atoms with Crippen molar-refractivity contribution >= 4 is 22.6 Å². The van der Waals surface area contributed by atoms with Crippen LogP contribution in [0.25, 0.3) is 0 Å². The minimum atomic E-state index is -5.08. The predicted molar refractivity (Wildman–Crippen MR) is 53.4 cm³/mol. The molecule has 1 rings (SSSR count). The lowest BCUT2D eigenvalue weighted by Crippen LogP contribution is -2.20. The number of ether oxygens (including phenoxy) is 1. The summed E-state index contributed by atoms with van der Waals surface area (Å²) in [6.45, 7) is 1.19. The molecule has 17 heavy (non-hydrogen) atoms. The molecule has 0 fully saturated rings. The second-order valence-electron chi connectivity index (χ2n) is 2.97. The Bertz CT molecular complexity index is 427. The lowest BCUT2D eigenvalue weighted by molar-refractivity contribution is -0.276. The van der Waals surface area contributed by atoms with E-state index in [4.69, 9.17) is 0 Å². The van der Waals surface area contributed by atoms with Crippen molar-refractivity contribution in [2.75, 3.05) is 0 Å². The number of alkyl halides is 6. The van der Waals surface area contributed by atoms with Gasteiger partial charge in [0.2, 0.25) is 5.88 Å². The molecule has 0 saturated carbocycles. The quantitative estimate of drug-likeness (QED) is 0.552. The minimum absolute atomic E-state index is 0.0100. The number of hydrogen-bond acceptors (Lipinski definition) is 2. The number of aromatic nitrogens is 1. The van der Waals surface area contributed by atoms with Gasteiger partial charge in [0.25, 0.3) is 0 Å². The summed E-state index contributed by atoms with van der Waals surface area (Å²) in [6, 6.07) is 0.652. The third-order valence-corrected chi connectivity index (χ3v) is 2.79. The molecule has 0 radical (unpaired) electrons. The first-order valence-electron chi connectivity index (χ1n) is 4.01. The van der Waals surface area contributed by atoms with Crippen molar-refractivity contribution in [3.8, 4) is 5.88 Å². The molecule has 1 aromatic rings. The standard InChI is InChI=1S/C8H4F6INO/c1-3-4(15)2-5(7(9,10)11)16-6(3)17-8(12,13)14/h2H,1H3. The molecule has 0 amide bonds. The molecule has 0 N–H and O–H groups in total. The van der Waals surface area contributed by atoms with Crippen molar-refractivity contribution in [3.63, 3.8) is 0 Å². The summed E-state index contributed by atoms with van der Waals surface area (Å²) < 4.78 is 76.2. The summed E-state index contributed by atoms with van der Waals surface area (Å²) in [7, 11) is 0. The Kier molecular flexibility index (Phi) is 3.79. The molecule has 96 valence electrons. The van der Waals surface area contributed by atoms with Crippen LogP contribution in [-0.4, -0.2) is 11.3 Å². The Hall–Kier alpha value is -0.740. The zero-order valence-electron chi connectivity index (χ0n) is 8.08. The summed E-state index contributed by atoms with van der Waals surface area (Å²) >= 11 is 1.48. The number of hydrogen-bond donors (Lipinski definition) is 0. The summed E-state index contributed by atoms with van der Waals surface area (Å²) in [5, 5.41) is 0. The number of nitrogens with zero attached hydrogens (tertiary/aromatic N) is 1. The van der Waals surface area contributed by atoms with Crippen LogP contribution >= 0.6 is 22.6 Å². The fraction of sp³-hybridized carbons (Fsp3) is 0.375. The molecular formula is C8H4F6INO. The molecule has 0 aromatic carbocycles. The highest BCUT2D eigenvalue weighted by Crippen LogP contribution is 2.34. The average molecular weight is 371 g/mol. The molecule has 0 atom stereocenters. The van der Waals surface area contributed by atoms with Crippen LogP contribution < -0.4 is 4.74 Å². The number of halogens is 7. The maximum Gasteiger partial charge on any atom is 0.574 e. The van der Waals surface area contributed by atoms with Gasteiger partial charge in [-0.3, -0.25) is 0 Å². The average Bonchev–Trinajstić information content (AvgIpc) is 2.08. The second kappa shape index (κ2) is 4.50. The molecule has 0 spiro atoms. The molecule has 9 heteroatoms.